The molecular weight excluding hydrogens is 208 g/mol. The molecule has 3 heteroatoms. The van der Waals surface area contributed by atoms with E-state index in [0.29, 0.717) is 6.42 Å². The number of carbonyl (C=O) groups excluding carboxylic acids is 1. The zero-order valence-corrected chi connectivity index (χ0v) is 9.67. The summed E-state index contributed by atoms with van der Waals surface area (Å²) in [6, 6.07) is 8.30. The number of aliphatic hydroxyl groups is 1. The van der Waals surface area contributed by atoms with Crippen LogP contribution in [0.3, 0.4) is 0 Å². The van der Waals surface area contributed by atoms with Crippen molar-refractivity contribution in [1.29, 1.82) is 0 Å². The first-order chi connectivity index (χ1) is 7.22. The molecule has 0 fully saturated rings. The molecule has 2 nitrogen and oxygen atoms in total. The van der Waals surface area contributed by atoms with Crippen molar-refractivity contribution >= 4 is 18.0 Å². The van der Waals surface area contributed by atoms with Gasteiger partial charge in [0.25, 0.3) is 0 Å². The van der Waals surface area contributed by atoms with E-state index in [0.717, 1.165) is 12.0 Å². The fourth-order valence-electron chi connectivity index (χ4n) is 1.18. The van der Waals surface area contributed by atoms with E-state index in [-0.39, 0.29) is 6.42 Å². The Labute approximate surface area is 94.7 Å². The molecule has 0 aromatic heterocycles. The Bertz CT molecular complexity index is 295. The second-order valence-corrected chi connectivity index (χ2v) is 4.67. The molecule has 0 heterocycles. The van der Waals surface area contributed by atoms with Crippen LogP contribution in [-0.2, 0) is 4.79 Å². The van der Waals surface area contributed by atoms with Gasteiger partial charge < -0.3 is 9.90 Å². The van der Waals surface area contributed by atoms with Crippen LogP contribution in [-0.4, -0.2) is 23.2 Å². The first kappa shape index (κ1) is 12.3. The van der Waals surface area contributed by atoms with Gasteiger partial charge in [0, 0.05) is 17.1 Å². The summed E-state index contributed by atoms with van der Waals surface area (Å²) < 4.78 is 0. The van der Waals surface area contributed by atoms with Crippen molar-refractivity contribution in [1.82, 2.24) is 0 Å². The van der Waals surface area contributed by atoms with Crippen LogP contribution in [0.2, 0.25) is 0 Å². The number of hydrogen-bond donors (Lipinski definition) is 1. The molecule has 0 saturated heterocycles. The largest absolute Gasteiger partial charge is 0.393 e. The third-order valence-corrected chi connectivity index (χ3v) is 3.15. The molecule has 1 aromatic carbocycles. The minimum atomic E-state index is -0.486. The summed E-state index contributed by atoms with van der Waals surface area (Å²) in [5, 5.41) is 9.33. The van der Waals surface area contributed by atoms with Crippen molar-refractivity contribution in [2.45, 2.75) is 30.8 Å². The highest BCUT2D eigenvalue weighted by atomic mass is 32.2. The molecule has 1 rings (SSSR count). The second kappa shape index (κ2) is 6.64. The summed E-state index contributed by atoms with van der Waals surface area (Å²) in [7, 11) is 0. The average molecular weight is 224 g/mol. The van der Waals surface area contributed by atoms with Gasteiger partial charge in [-0.15, -0.1) is 11.8 Å². The standard InChI is InChI=1S/C12H16O2S/c1-10-2-4-12(5-3-10)15-9-7-11(14)6-8-13/h2-5,8,11,14H,6-7,9H2,1H3/t11-/m1/s1. The van der Waals surface area contributed by atoms with Gasteiger partial charge in [-0.1, -0.05) is 17.7 Å². The predicted molar refractivity (Wildman–Crippen MR) is 63.2 cm³/mol. The monoisotopic (exact) mass is 224 g/mol. The molecular formula is C12H16O2S. The van der Waals surface area contributed by atoms with E-state index in [2.05, 4.69) is 31.2 Å². The van der Waals surface area contributed by atoms with Crippen molar-refractivity contribution in [3.05, 3.63) is 29.8 Å². The summed E-state index contributed by atoms with van der Waals surface area (Å²) in [6.45, 7) is 2.06. The molecule has 1 atom stereocenters. The van der Waals surface area contributed by atoms with Crippen LogP contribution >= 0.6 is 11.8 Å². The summed E-state index contributed by atoms with van der Waals surface area (Å²) in [6.07, 6.45) is 1.19. The smallest absolute Gasteiger partial charge is 0.122 e. The molecule has 0 spiro atoms. The van der Waals surface area contributed by atoms with Crippen LogP contribution in [0.15, 0.2) is 29.2 Å². The van der Waals surface area contributed by atoms with Gasteiger partial charge in [0.2, 0.25) is 0 Å². The third kappa shape index (κ3) is 5.00. The van der Waals surface area contributed by atoms with Crippen molar-refractivity contribution in [2.24, 2.45) is 0 Å². The molecule has 1 N–H and O–H groups in total. The number of rotatable bonds is 6. The van der Waals surface area contributed by atoms with Crippen molar-refractivity contribution in [2.75, 3.05) is 5.75 Å². The van der Waals surface area contributed by atoms with Gasteiger partial charge in [0.15, 0.2) is 0 Å². The Balaban J connectivity index is 2.25. The summed E-state index contributed by atoms with van der Waals surface area (Å²) in [5.41, 5.74) is 1.25. The molecule has 0 radical (unpaired) electrons. The number of aldehydes is 1. The van der Waals surface area contributed by atoms with Gasteiger partial charge in [-0.2, -0.15) is 0 Å². The molecule has 0 aliphatic rings. The summed E-state index contributed by atoms with van der Waals surface area (Å²) in [4.78, 5) is 11.3. The summed E-state index contributed by atoms with van der Waals surface area (Å²) in [5.74, 6) is 0.845. The van der Waals surface area contributed by atoms with Gasteiger partial charge in [0.05, 0.1) is 6.10 Å². The number of carbonyl (C=O) groups is 1. The Morgan fingerprint density at radius 1 is 1.40 bits per heavy atom. The van der Waals surface area contributed by atoms with Gasteiger partial charge >= 0.3 is 0 Å². The molecule has 0 aliphatic heterocycles. The van der Waals surface area contributed by atoms with Crippen LogP contribution in [0.5, 0.6) is 0 Å². The lowest BCUT2D eigenvalue weighted by atomic mass is 10.2. The zero-order chi connectivity index (χ0) is 11.1. The Morgan fingerprint density at radius 3 is 2.67 bits per heavy atom. The molecule has 0 amide bonds. The quantitative estimate of drug-likeness (QED) is 0.595. The Hall–Kier alpha value is -0.800. The highest BCUT2D eigenvalue weighted by Crippen LogP contribution is 2.19. The van der Waals surface area contributed by atoms with Crippen LogP contribution in [0.1, 0.15) is 18.4 Å². The minimum Gasteiger partial charge on any atom is -0.393 e. The number of thioether (sulfide) groups is 1. The van der Waals surface area contributed by atoms with E-state index < -0.39 is 6.10 Å². The zero-order valence-electron chi connectivity index (χ0n) is 8.85. The van der Waals surface area contributed by atoms with Crippen LogP contribution in [0.25, 0.3) is 0 Å². The maximum atomic E-state index is 10.1. The highest BCUT2D eigenvalue weighted by molar-refractivity contribution is 7.99. The Morgan fingerprint density at radius 2 is 2.07 bits per heavy atom. The number of benzene rings is 1. The number of hydrogen-bond acceptors (Lipinski definition) is 3. The SMILES string of the molecule is Cc1ccc(SCC[C@H](O)CC=O)cc1. The van der Waals surface area contributed by atoms with Crippen LogP contribution in [0.4, 0.5) is 0 Å². The lowest BCUT2D eigenvalue weighted by Gasteiger charge is -2.06. The van der Waals surface area contributed by atoms with E-state index in [4.69, 9.17) is 0 Å². The van der Waals surface area contributed by atoms with Gasteiger partial charge in [-0.05, 0) is 25.5 Å². The molecule has 0 bridgehead atoms. The third-order valence-electron chi connectivity index (χ3n) is 2.11. The van der Waals surface area contributed by atoms with E-state index in [1.165, 1.54) is 10.5 Å². The van der Waals surface area contributed by atoms with E-state index in [1.807, 2.05) is 0 Å². The van der Waals surface area contributed by atoms with Gasteiger partial charge in [0.1, 0.15) is 6.29 Å². The summed E-state index contributed by atoms with van der Waals surface area (Å²) >= 11 is 1.71. The Kier molecular flexibility index (Phi) is 5.43. The normalized spacial score (nSPS) is 12.4. The molecule has 0 aliphatic carbocycles. The fraction of sp³-hybridized carbons (Fsp3) is 0.417. The lowest BCUT2D eigenvalue weighted by molar-refractivity contribution is -0.109. The number of aryl methyl sites for hydroxylation is 1. The second-order valence-electron chi connectivity index (χ2n) is 3.51. The van der Waals surface area contributed by atoms with Gasteiger partial charge in [-0.3, -0.25) is 0 Å². The minimum absolute atomic E-state index is 0.245. The van der Waals surface area contributed by atoms with Crippen molar-refractivity contribution < 1.29 is 9.90 Å². The van der Waals surface area contributed by atoms with Crippen molar-refractivity contribution in [3.8, 4) is 0 Å². The molecule has 1 aromatic rings. The van der Waals surface area contributed by atoms with Crippen LogP contribution < -0.4 is 0 Å². The molecule has 0 unspecified atom stereocenters. The number of aliphatic hydroxyl groups excluding tert-OH is 1. The maximum Gasteiger partial charge on any atom is 0.122 e. The average Bonchev–Trinajstić information content (AvgIpc) is 2.21. The first-order valence-corrected chi connectivity index (χ1v) is 6.02. The topological polar surface area (TPSA) is 37.3 Å². The first-order valence-electron chi connectivity index (χ1n) is 5.03. The maximum absolute atomic E-state index is 10.1. The van der Waals surface area contributed by atoms with E-state index in [9.17, 15) is 9.90 Å². The fourth-order valence-corrected chi connectivity index (χ4v) is 2.13. The highest BCUT2D eigenvalue weighted by Gasteiger charge is 2.02. The lowest BCUT2D eigenvalue weighted by Crippen LogP contribution is -2.07. The van der Waals surface area contributed by atoms with Crippen molar-refractivity contribution in [3.63, 3.8) is 0 Å². The predicted octanol–water partition coefficient (Wildman–Crippen LogP) is 2.43. The van der Waals surface area contributed by atoms with E-state index >= 15 is 0 Å². The molecule has 82 valence electrons. The van der Waals surface area contributed by atoms with Gasteiger partial charge in [-0.25, -0.2) is 0 Å². The molecule has 0 saturated carbocycles. The van der Waals surface area contributed by atoms with E-state index in [1.54, 1.807) is 11.8 Å². The van der Waals surface area contributed by atoms with Crippen LogP contribution in [0, 0.1) is 6.92 Å². The molecule has 15 heavy (non-hydrogen) atoms.